The van der Waals surface area contributed by atoms with Crippen LogP contribution in [-0.2, 0) is 0 Å². The highest BCUT2D eigenvalue weighted by Crippen LogP contribution is 2.34. The van der Waals surface area contributed by atoms with Crippen LogP contribution in [0, 0.1) is 24.2 Å². The molecular formula is C24H25N9. The van der Waals surface area contributed by atoms with Gasteiger partial charge in [0.2, 0.25) is 0 Å². The van der Waals surface area contributed by atoms with Gasteiger partial charge in [-0.25, -0.2) is 15.0 Å². The third-order valence-electron chi connectivity index (χ3n) is 6.34. The predicted molar refractivity (Wildman–Crippen MR) is 127 cm³/mol. The molecule has 9 heteroatoms. The summed E-state index contributed by atoms with van der Waals surface area (Å²) in [6.07, 6.45) is 11.0. The Hall–Kier alpha value is -4.06. The van der Waals surface area contributed by atoms with E-state index < -0.39 is 0 Å². The van der Waals surface area contributed by atoms with Gasteiger partial charge in [-0.15, -0.1) is 0 Å². The molecule has 33 heavy (non-hydrogen) atoms. The summed E-state index contributed by atoms with van der Waals surface area (Å²) in [6.45, 7) is 7.97. The van der Waals surface area contributed by atoms with Gasteiger partial charge in [0, 0.05) is 55.1 Å². The highest BCUT2D eigenvalue weighted by Gasteiger charge is 2.32. The number of pyridine rings is 1. The topological polar surface area (TPSA) is 112 Å². The number of nitrogens with one attached hydrogen (secondary N) is 1. The number of nitriles is 1. The van der Waals surface area contributed by atoms with Gasteiger partial charge in [-0.1, -0.05) is 0 Å². The van der Waals surface area contributed by atoms with E-state index in [1.54, 1.807) is 6.33 Å². The van der Waals surface area contributed by atoms with Crippen LogP contribution in [0.1, 0.15) is 30.0 Å². The largest absolute Gasteiger partial charge is 0.355 e. The molecule has 1 N–H and O–H groups in total. The number of anilines is 1. The van der Waals surface area contributed by atoms with E-state index in [0.29, 0.717) is 18.0 Å². The number of hydrogen-bond donors (Lipinski definition) is 1. The lowest BCUT2D eigenvalue weighted by molar-refractivity contribution is 0.312. The van der Waals surface area contributed by atoms with Gasteiger partial charge in [0.15, 0.2) is 0 Å². The van der Waals surface area contributed by atoms with E-state index in [9.17, 15) is 5.26 Å². The van der Waals surface area contributed by atoms with E-state index in [2.05, 4.69) is 48.8 Å². The zero-order valence-electron chi connectivity index (χ0n) is 18.5. The lowest BCUT2D eigenvalue weighted by Crippen LogP contribution is -2.26. The van der Waals surface area contributed by atoms with Crippen molar-refractivity contribution in [3.05, 3.63) is 54.4 Å². The van der Waals surface area contributed by atoms with Crippen LogP contribution in [0.3, 0.4) is 0 Å². The fourth-order valence-corrected chi connectivity index (χ4v) is 4.74. The summed E-state index contributed by atoms with van der Waals surface area (Å²) >= 11 is 0. The minimum atomic E-state index is 0.161. The van der Waals surface area contributed by atoms with E-state index in [1.807, 2.05) is 42.3 Å². The average molecular weight is 440 g/mol. The van der Waals surface area contributed by atoms with Crippen molar-refractivity contribution < 1.29 is 0 Å². The zero-order chi connectivity index (χ0) is 22.8. The summed E-state index contributed by atoms with van der Waals surface area (Å²) in [5.74, 6) is 1.12. The summed E-state index contributed by atoms with van der Waals surface area (Å²) in [7, 11) is 0. The lowest BCUT2D eigenvalue weighted by Gasteiger charge is -2.25. The minimum Gasteiger partial charge on any atom is -0.355 e. The van der Waals surface area contributed by atoms with Crippen molar-refractivity contribution in [1.29, 1.82) is 5.26 Å². The molecule has 166 valence electrons. The van der Waals surface area contributed by atoms with E-state index in [0.717, 1.165) is 59.6 Å². The van der Waals surface area contributed by atoms with E-state index in [4.69, 9.17) is 5.10 Å². The molecule has 4 aromatic heterocycles. The molecule has 1 aliphatic heterocycles. The number of nitrogens with zero attached hydrogens (tertiary/aromatic N) is 8. The predicted octanol–water partition coefficient (Wildman–Crippen LogP) is 3.55. The van der Waals surface area contributed by atoms with Gasteiger partial charge < -0.3 is 14.9 Å². The highest BCUT2D eigenvalue weighted by molar-refractivity contribution is 5.89. The van der Waals surface area contributed by atoms with Crippen molar-refractivity contribution >= 4 is 23.6 Å². The van der Waals surface area contributed by atoms with E-state index in [-0.39, 0.29) is 6.04 Å². The maximum atomic E-state index is 9.58. The molecule has 4 aromatic rings. The zero-order valence-corrected chi connectivity index (χ0v) is 18.5. The van der Waals surface area contributed by atoms with Gasteiger partial charge >= 0.3 is 0 Å². The maximum Gasteiger partial charge on any atom is 0.146 e. The lowest BCUT2D eigenvalue weighted by atomic mass is 9.96. The quantitative estimate of drug-likeness (QED) is 0.441. The van der Waals surface area contributed by atoms with Gasteiger partial charge in [-0.2, -0.15) is 10.4 Å². The Morgan fingerprint density at radius 1 is 1.33 bits per heavy atom. The summed E-state index contributed by atoms with van der Waals surface area (Å²) in [6, 6.07) is 6.34. The van der Waals surface area contributed by atoms with Crippen LogP contribution in [0.5, 0.6) is 0 Å². The third kappa shape index (κ3) is 3.96. The molecule has 1 saturated heterocycles. The molecule has 2 unspecified atom stereocenters. The number of rotatable bonds is 7. The standard InChI is InChI=1S/C24H25N9/c1-16-9-18(10-25)24(28-11-16)32-8-5-17(13-32)21(4-6-26-2)33-14-19(12-31-33)22-20-3-7-27-23(20)30-15-29-22/h3,7,9,11-12,14-15,17,21H,2,4-6,8,13H2,1H3,(H,27,29,30). The minimum absolute atomic E-state index is 0.161. The molecule has 5 heterocycles. The second-order valence-corrected chi connectivity index (χ2v) is 8.46. The molecule has 5 rings (SSSR count). The Balaban J connectivity index is 1.42. The van der Waals surface area contributed by atoms with Crippen molar-refractivity contribution in [2.24, 2.45) is 10.9 Å². The Morgan fingerprint density at radius 3 is 3.09 bits per heavy atom. The summed E-state index contributed by atoms with van der Waals surface area (Å²) < 4.78 is 2.04. The Morgan fingerprint density at radius 2 is 2.24 bits per heavy atom. The molecule has 2 atom stereocenters. The van der Waals surface area contributed by atoms with Crippen molar-refractivity contribution in [1.82, 2.24) is 29.7 Å². The molecule has 9 nitrogen and oxygen atoms in total. The van der Waals surface area contributed by atoms with E-state index >= 15 is 0 Å². The molecule has 0 saturated carbocycles. The molecule has 0 spiro atoms. The molecule has 1 fully saturated rings. The Kier molecular flexibility index (Phi) is 5.57. The van der Waals surface area contributed by atoms with Gasteiger partial charge in [-0.05, 0) is 44.2 Å². The SMILES string of the molecule is C=NCCC(C1CCN(c2ncc(C)cc2C#N)C1)n1cc(-c2ncnc3[nH]ccc23)cn1. The van der Waals surface area contributed by atoms with Crippen LogP contribution in [0.4, 0.5) is 5.82 Å². The molecule has 0 aromatic carbocycles. The first-order valence-electron chi connectivity index (χ1n) is 11.0. The first-order valence-corrected chi connectivity index (χ1v) is 11.0. The van der Waals surface area contributed by atoms with Gasteiger partial charge in [0.05, 0.1) is 23.5 Å². The Bertz CT molecular complexity index is 1330. The molecule has 1 aliphatic rings. The summed E-state index contributed by atoms with van der Waals surface area (Å²) in [5, 5.41) is 15.3. The molecule has 0 bridgehead atoms. The summed E-state index contributed by atoms with van der Waals surface area (Å²) in [4.78, 5) is 22.8. The third-order valence-corrected chi connectivity index (χ3v) is 6.34. The monoisotopic (exact) mass is 439 g/mol. The van der Waals surface area contributed by atoms with Crippen LogP contribution in [0.25, 0.3) is 22.3 Å². The smallest absolute Gasteiger partial charge is 0.146 e. The van der Waals surface area contributed by atoms with Crippen molar-refractivity contribution in [3.63, 3.8) is 0 Å². The number of aliphatic imine (C=N–C) groups is 1. The first-order chi connectivity index (χ1) is 16.2. The van der Waals surface area contributed by atoms with E-state index in [1.165, 1.54) is 0 Å². The van der Waals surface area contributed by atoms with Crippen LogP contribution in [0.2, 0.25) is 0 Å². The maximum absolute atomic E-state index is 9.58. The number of aromatic nitrogens is 6. The Labute approximate surface area is 191 Å². The van der Waals surface area contributed by atoms with Gasteiger partial charge in [-0.3, -0.25) is 4.68 Å². The second-order valence-electron chi connectivity index (χ2n) is 8.46. The van der Waals surface area contributed by atoms with Crippen molar-refractivity contribution in [2.75, 3.05) is 24.5 Å². The second kappa shape index (κ2) is 8.82. The molecule has 0 radical (unpaired) electrons. The molecule has 0 amide bonds. The van der Waals surface area contributed by atoms with Gasteiger partial charge in [0.25, 0.3) is 0 Å². The fourth-order valence-electron chi connectivity index (χ4n) is 4.74. The number of H-pyrrole nitrogens is 1. The summed E-state index contributed by atoms with van der Waals surface area (Å²) in [5.41, 5.74) is 4.25. The van der Waals surface area contributed by atoms with Crippen LogP contribution in [0.15, 0.2) is 48.2 Å². The average Bonchev–Trinajstić information content (AvgIpc) is 3.60. The normalized spacial score (nSPS) is 16.7. The van der Waals surface area contributed by atoms with Crippen LogP contribution < -0.4 is 4.90 Å². The fraction of sp³-hybridized carbons (Fsp3) is 0.333. The molecular weight excluding hydrogens is 414 g/mol. The van der Waals surface area contributed by atoms with Crippen LogP contribution in [-0.4, -0.2) is 56.1 Å². The van der Waals surface area contributed by atoms with Crippen LogP contribution >= 0.6 is 0 Å². The van der Waals surface area contributed by atoms with Gasteiger partial charge in [0.1, 0.15) is 23.9 Å². The number of hydrogen-bond acceptors (Lipinski definition) is 7. The number of fused-ring (bicyclic) bond motifs is 1. The van der Waals surface area contributed by atoms with Crippen molar-refractivity contribution in [2.45, 2.75) is 25.8 Å². The number of aromatic amines is 1. The van der Waals surface area contributed by atoms with Crippen molar-refractivity contribution in [3.8, 4) is 17.3 Å². The first kappa shape index (κ1) is 20.8. The number of aryl methyl sites for hydroxylation is 1. The highest BCUT2D eigenvalue weighted by atomic mass is 15.3. The molecule has 0 aliphatic carbocycles.